The number of carbonyl (C=O) groups excluding carboxylic acids is 1. The van der Waals surface area contributed by atoms with Crippen molar-refractivity contribution < 1.29 is 27.4 Å². The number of sulfonamides is 1. The van der Waals surface area contributed by atoms with Crippen molar-refractivity contribution in [2.75, 3.05) is 18.4 Å². The Morgan fingerprint density at radius 2 is 1.71 bits per heavy atom. The quantitative estimate of drug-likeness (QED) is 0.260. The fourth-order valence-corrected chi connectivity index (χ4v) is 7.04. The van der Waals surface area contributed by atoms with E-state index in [9.17, 15) is 13.2 Å². The molecule has 13 heteroatoms. The largest absolute Gasteiger partial charge is 0.487 e. The maximum absolute atomic E-state index is 14.3. The number of anilines is 1. The average Bonchev–Trinajstić information content (AvgIpc) is 3.03. The summed E-state index contributed by atoms with van der Waals surface area (Å²) in [6.07, 6.45) is 5.68. The number of nitrogens with one attached hydrogen (secondary N) is 1. The molecule has 1 N–H and O–H groups in total. The molecule has 1 aliphatic heterocycles. The van der Waals surface area contributed by atoms with Gasteiger partial charge in [0, 0.05) is 37.1 Å². The van der Waals surface area contributed by atoms with Gasteiger partial charge in [0.2, 0.25) is 11.8 Å². The molecular weight excluding hydrogens is 632 g/mol. The molecule has 3 heterocycles. The molecule has 1 saturated carbocycles. The summed E-state index contributed by atoms with van der Waals surface area (Å²) in [6.45, 7) is 8.22. The monoisotopic (exact) mass is 672 g/mol. The number of carbonyl (C=O) groups is 1. The van der Waals surface area contributed by atoms with Crippen LogP contribution in [-0.2, 0) is 21.3 Å². The molecular formula is C35H40N6O6S. The zero-order valence-corrected chi connectivity index (χ0v) is 28.5. The van der Waals surface area contributed by atoms with Gasteiger partial charge < -0.3 is 19.1 Å². The summed E-state index contributed by atoms with van der Waals surface area (Å²) >= 11 is 0. The minimum absolute atomic E-state index is 0.0493. The number of fused-ring (bicyclic) bond motifs is 4. The Morgan fingerprint density at radius 3 is 2.40 bits per heavy atom. The van der Waals surface area contributed by atoms with Crippen molar-refractivity contribution in [3.05, 3.63) is 83.4 Å². The lowest BCUT2D eigenvalue weighted by molar-refractivity contribution is -0.0383. The molecule has 1 amide bonds. The lowest BCUT2D eigenvalue weighted by Gasteiger charge is -2.34. The summed E-state index contributed by atoms with van der Waals surface area (Å²) in [7, 11) is -2.48. The molecule has 48 heavy (non-hydrogen) atoms. The summed E-state index contributed by atoms with van der Waals surface area (Å²) < 4.78 is 47.4. The van der Waals surface area contributed by atoms with Crippen LogP contribution in [0.5, 0.6) is 11.6 Å². The van der Waals surface area contributed by atoms with Crippen LogP contribution in [0, 0.1) is 19.8 Å². The minimum Gasteiger partial charge on any atom is -0.487 e. The second-order valence-electron chi connectivity index (χ2n) is 12.7. The Labute approximate surface area is 281 Å². The molecule has 0 radical (unpaired) electrons. The van der Waals surface area contributed by atoms with Crippen molar-refractivity contribution in [1.82, 2.24) is 24.8 Å². The van der Waals surface area contributed by atoms with Crippen LogP contribution in [0.2, 0.25) is 0 Å². The van der Waals surface area contributed by atoms with Gasteiger partial charge in [-0.1, -0.05) is 38.1 Å². The Bertz CT molecular complexity index is 1880. The third-order valence-electron chi connectivity index (χ3n) is 8.61. The lowest BCUT2D eigenvalue weighted by Crippen LogP contribution is -2.44. The Balaban J connectivity index is 1.38. The zero-order valence-electron chi connectivity index (χ0n) is 27.7. The minimum atomic E-state index is -4.18. The molecule has 6 rings (SSSR count). The first-order chi connectivity index (χ1) is 23.0. The lowest BCUT2D eigenvalue weighted by atomic mass is 9.92. The topological polar surface area (TPSA) is 146 Å². The van der Waals surface area contributed by atoms with Crippen LogP contribution >= 0.6 is 0 Å². The molecule has 0 saturated heterocycles. The fourth-order valence-electron chi connectivity index (χ4n) is 6.05. The van der Waals surface area contributed by atoms with E-state index in [0.717, 1.165) is 29.5 Å². The van der Waals surface area contributed by atoms with Gasteiger partial charge >= 0.3 is 0 Å². The van der Waals surface area contributed by atoms with E-state index < -0.39 is 16.1 Å². The normalized spacial score (nSPS) is 20.4. The molecule has 1 atom stereocenters. The van der Waals surface area contributed by atoms with Gasteiger partial charge in [-0.25, -0.2) is 28.1 Å². The summed E-state index contributed by atoms with van der Waals surface area (Å²) in [5.74, 6) is 0.814. The van der Waals surface area contributed by atoms with E-state index in [-0.39, 0.29) is 59.5 Å². The zero-order chi connectivity index (χ0) is 34.0. The van der Waals surface area contributed by atoms with Crippen LogP contribution in [0.1, 0.15) is 60.4 Å². The smallest absolute Gasteiger partial charge is 0.264 e. The summed E-state index contributed by atoms with van der Waals surface area (Å²) in [5, 5.41) is 0. The second kappa shape index (κ2) is 13.9. The maximum Gasteiger partial charge on any atom is 0.264 e. The van der Waals surface area contributed by atoms with Crippen molar-refractivity contribution in [3.63, 3.8) is 0 Å². The number of hydrogen-bond acceptors (Lipinski definition) is 10. The van der Waals surface area contributed by atoms with Crippen molar-refractivity contribution in [2.45, 2.75) is 76.6 Å². The average molecular weight is 673 g/mol. The van der Waals surface area contributed by atoms with Gasteiger partial charge in [-0.15, -0.1) is 0 Å². The predicted molar refractivity (Wildman–Crippen MR) is 179 cm³/mol. The van der Waals surface area contributed by atoms with Gasteiger partial charge in [0.25, 0.3) is 15.9 Å². The number of amides is 1. The van der Waals surface area contributed by atoms with Crippen molar-refractivity contribution in [1.29, 1.82) is 0 Å². The molecule has 252 valence electrons. The number of aromatic nitrogens is 4. The van der Waals surface area contributed by atoms with Gasteiger partial charge in [-0.2, -0.15) is 4.98 Å². The highest BCUT2D eigenvalue weighted by Crippen LogP contribution is 2.31. The SMILES string of the molecule is COC1CC(Oc2cnc(CN3C(=O)c4cccc(c4)S(=O)(=O)Nc4nc(cc(-c5c(C)cccc5C)n4)OC[C@H]3CC(C)C)nc2)C1. The number of aryl methyl sites for hydroxylation is 2. The number of ether oxygens (including phenoxy) is 3. The summed E-state index contributed by atoms with van der Waals surface area (Å²) in [4.78, 5) is 33.9. The molecule has 4 aromatic rings. The van der Waals surface area contributed by atoms with Gasteiger partial charge in [0.05, 0.1) is 41.7 Å². The van der Waals surface area contributed by atoms with Gasteiger partial charge in [-0.3, -0.25) is 4.79 Å². The van der Waals surface area contributed by atoms with Crippen molar-refractivity contribution in [3.8, 4) is 22.9 Å². The van der Waals surface area contributed by atoms with Gasteiger partial charge in [-0.05, 0) is 55.5 Å². The predicted octanol–water partition coefficient (Wildman–Crippen LogP) is 5.36. The first-order valence-corrected chi connectivity index (χ1v) is 17.5. The number of nitrogens with zero attached hydrogens (tertiary/aromatic N) is 5. The van der Waals surface area contributed by atoms with Crippen LogP contribution in [0.4, 0.5) is 5.95 Å². The molecule has 0 unspecified atom stereocenters. The Kier molecular flexibility index (Phi) is 9.61. The van der Waals surface area contributed by atoms with Crippen LogP contribution in [-0.4, -0.2) is 71.1 Å². The highest BCUT2D eigenvalue weighted by molar-refractivity contribution is 7.92. The highest BCUT2D eigenvalue weighted by Gasteiger charge is 2.32. The van der Waals surface area contributed by atoms with Crippen LogP contribution < -0.4 is 14.2 Å². The van der Waals surface area contributed by atoms with Crippen molar-refractivity contribution in [2.24, 2.45) is 5.92 Å². The van der Waals surface area contributed by atoms with E-state index >= 15 is 0 Å². The number of rotatable bonds is 8. The second-order valence-corrected chi connectivity index (χ2v) is 14.4. The Morgan fingerprint density at radius 1 is 1.00 bits per heavy atom. The first kappa shape index (κ1) is 33.3. The first-order valence-electron chi connectivity index (χ1n) is 16.0. The molecule has 1 aliphatic carbocycles. The van der Waals surface area contributed by atoms with E-state index in [1.54, 1.807) is 42.6 Å². The number of hydrogen-bond donors (Lipinski definition) is 1. The third-order valence-corrected chi connectivity index (χ3v) is 9.93. The fraction of sp³-hybridized carbons (Fsp3) is 0.400. The van der Waals surface area contributed by atoms with Gasteiger partial charge in [0.1, 0.15) is 18.5 Å². The maximum atomic E-state index is 14.3. The molecule has 2 aromatic heterocycles. The Hall–Kier alpha value is -4.62. The number of methoxy groups -OCH3 is 1. The standard InChI is InChI=1S/C35H40N6O6S/c1-21(2)12-25-20-46-32-16-30(33-22(3)8-6-9-23(33)4)38-35(39-32)40-48(43,44)29-11-7-10-24(13-29)34(42)41(25)19-31-36-17-28(18-37-31)47-27-14-26(15-27)45-5/h6-11,13,16-18,21,25-27H,12,14-15,19-20H2,1-5H3,(H,38,39,40)/t25-,26?,27?/m1/s1. The number of benzene rings is 2. The van der Waals surface area contributed by atoms with E-state index in [0.29, 0.717) is 23.7 Å². The van der Waals surface area contributed by atoms with E-state index in [1.807, 2.05) is 32.0 Å². The van der Waals surface area contributed by atoms with Crippen LogP contribution in [0.3, 0.4) is 0 Å². The molecule has 12 nitrogen and oxygen atoms in total. The van der Waals surface area contributed by atoms with Crippen LogP contribution in [0.15, 0.2) is 65.8 Å². The molecule has 0 spiro atoms. The van der Waals surface area contributed by atoms with E-state index in [1.165, 1.54) is 12.1 Å². The third kappa shape index (κ3) is 7.42. The van der Waals surface area contributed by atoms with E-state index in [4.69, 9.17) is 14.2 Å². The molecule has 2 aliphatic rings. The van der Waals surface area contributed by atoms with Crippen molar-refractivity contribution >= 4 is 21.9 Å². The van der Waals surface area contributed by atoms with E-state index in [2.05, 4.69) is 38.5 Å². The summed E-state index contributed by atoms with van der Waals surface area (Å²) in [6, 6.07) is 13.1. The molecule has 1 fully saturated rings. The molecule has 2 aromatic carbocycles. The highest BCUT2D eigenvalue weighted by atomic mass is 32.2. The van der Waals surface area contributed by atoms with Gasteiger partial charge in [0.15, 0.2) is 5.75 Å². The molecule has 4 bridgehead atoms. The summed E-state index contributed by atoms with van der Waals surface area (Å²) in [5.41, 5.74) is 3.51. The van der Waals surface area contributed by atoms with Crippen LogP contribution in [0.25, 0.3) is 11.3 Å².